The molecular weight excluding hydrogens is 246 g/mol. The number of rotatable bonds is 10. The van der Waals surface area contributed by atoms with Crippen LogP contribution in [0.1, 0.15) is 58.4 Å². The van der Waals surface area contributed by atoms with Crippen molar-refractivity contribution in [1.29, 1.82) is 0 Å². The van der Waals surface area contributed by atoms with Crippen LogP contribution >= 0.6 is 0 Å². The molecule has 0 amide bonds. The van der Waals surface area contributed by atoms with Gasteiger partial charge in [0.1, 0.15) is 5.75 Å². The van der Waals surface area contributed by atoms with Gasteiger partial charge in [-0.15, -0.1) is 0 Å². The van der Waals surface area contributed by atoms with Crippen LogP contribution in [0.2, 0.25) is 0 Å². The highest BCUT2D eigenvalue weighted by Crippen LogP contribution is 2.28. The summed E-state index contributed by atoms with van der Waals surface area (Å²) >= 11 is 0. The maximum Gasteiger partial charge on any atom is 0.122 e. The summed E-state index contributed by atoms with van der Waals surface area (Å²) in [6.45, 7) is 13.2. The Hall–Kier alpha value is -1.02. The summed E-state index contributed by atoms with van der Waals surface area (Å²) in [4.78, 5) is 2.47. The van der Waals surface area contributed by atoms with E-state index in [1.165, 1.54) is 18.5 Å². The molecular formula is C18H31NO. The molecule has 1 aromatic rings. The molecule has 0 heterocycles. The fraction of sp³-hybridized carbons (Fsp3) is 0.667. The highest BCUT2D eigenvalue weighted by atomic mass is 16.5. The molecule has 0 fully saturated rings. The van der Waals surface area contributed by atoms with E-state index in [0.29, 0.717) is 5.92 Å². The van der Waals surface area contributed by atoms with Crippen LogP contribution < -0.4 is 4.74 Å². The van der Waals surface area contributed by atoms with Crippen LogP contribution in [0.25, 0.3) is 0 Å². The van der Waals surface area contributed by atoms with E-state index in [9.17, 15) is 0 Å². The van der Waals surface area contributed by atoms with Crippen molar-refractivity contribution in [2.45, 2.75) is 52.9 Å². The van der Waals surface area contributed by atoms with Crippen LogP contribution in [-0.4, -0.2) is 31.1 Å². The summed E-state index contributed by atoms with van der Waals surface area (Å²) in [5, 5.41) is 0. The first-order chi connectivity index (χ1) is 9.72. The molecule has 0 N–H and O–H groups in total. The van der Waals surface area contributed by atoms with Gasteiger partial charge in [-0.25, -0.2) is 0 Å². The number of hydrogen-bond acceptors (Lipinski definition) is 2. The minimum absolute atomic E-state index is 0.571. The Balaban J connectivity index is 2.35. The quantitative estimate of drug-likeness (QED) is 0.575. The molecule has 0 aliphatic rings. The predicted octanol–water partition coefficient (Wildman–Crippen LogP) is 4.70. The van der Waals surface area contributed by atoms with E-state index in [-0.39, 0.29) is 0 Å². The second-order valence-corrected chi connectivity index (χ2v) is 5.43. The van der Waals surface area contributed by atoms with Gasteiger partial charge < -0.3 is 9.64 Å². The van der Waals surface area contributed by atoms with Gasteiger partial charge in [-0.2, -0.15) is 0 Å². The summed E-state index contributed by atoms with van der Waals surface area (Å²) in [5.41, 5.74) is 1.35. The number of ether oxygens (including phenoxy) is 1. The molecule has 1 atom stereocenters. The average Bonchev–Trinajstić information content (AvgIpc) is 2.50. The zero-order valence-corrected chi connectivity index (χ0v) is 13.7. The summed E-state index contributed by atoms with van der Waals surface area (Å²) in [5.74, 6) is 1.64. The van der Waals surface area contributed by atoms with Crippen LogP contribution in [0.5, 0.6) is 5.75 Å². The van der Waals surface area contributed by atoms with Gasteiger partial charge in [-0.05, 0) is 56.4 Å². The Morgan fingerprint density at radius 2 is 1.75 bits per heavy atom. The van der Waals surface area contributed by atoms with Gasteiger partial charge in [0, 0.05) is 0 Å². The van der Waals surface area contributed by atoms with Crippen molar-refractivity contribution in [3.8, 4) is 5.75 Å². The Kier molecular flexibility index (Phi) is 8.36. The molecule has 20 heavy (non-hydrogen) atoms. The number of unbranched alkanes of at least 4 members (excludes halogenated alkanes) is 1. The SMILES string of the molecule is CC[C@H](C)c1ccccc1OCCCCN(CC)CC. The van der Waals surface area contributed by atoms with Gasteiger partial charge in [0.25, 0.3) is 0 Å². The summed E-state index contributed by atoms with van der Waals surface area (Å²) in [7, 11) is 0. The molecule has 0 saturated carbocycles. The summed E-state index contributed by atoms with van der Waals surface area (Å²) in [6, 6.07) is 8.47. The standard InChI is InChI=1S/C18H31NO/c1-5-16(4)17-12-8-9-13-18(17)20-15-11-10-14-19(6-2)7-3/h8-9,12-13,16H,5-7,10-11,14-15H2,1-4H3/t16-/m0/s1. The Bertz CT molecular complexity index is 360. The van der Waals surface area contributed by atoms with Crippen molar-refractivity contribution in [3.63, 3.8) is 0 Å². The minimum atomic E-state index is 0.571. The molecule has 0 aliphatic heterocycles. The third-order valence-electron chi connectivity index (χ3n) is 4.08. The van der Waals surface area contributed by atoms with Crippen molar-refractivity contribution in [2.24, 2.45) is 0 Å². The normalized spacial score (nSPS) is 12.7. The zero-order chi connectivity index (χ0) is 14.8. The smallest absolute Gasteiger partial charge is 0.122 e. The molecule has 1 aromatic carbocycles. The van der Waals surface area contributed by atoms with Crippen LogP contribution in [0.15, 0.2) is 24.3 Å². The van der Waals surface area contributed by atoms with Crippen LogP contribution in [0.3, 0.4) is 0 Å². The Morgan fingerprint density at radius 3 is 2.40 bits per heavy atom. The molecule has 0 aromatic heterocycles. The summed E-state index contributed by atoms with van der Waals surface area (Å²) in [6.07, 6.45) is 3.50. The number of para-hydroxylation sites is 1. The van der Waals surface area contributed by atoms with Crippen LogP contribution in [-0.2, 0) is 0 Å². The first-order valence-corrected chi connectivity index (χ1v) is 8.16. The van der Waals surface area contributed by atoms with E-state index in [0.717, 1.165) is 38.3 Å². The lowest BCUT2D eigenvalue weighted by Crippen LogP contribution is -2.24. The average molecular weight is 277 g/mol. The van der Waals surface area contributed by atoms with Crippen LogP contribution in [0.4, 0.5) is 0 Å². The third-order valence-corrected chi connectivity index (χ3v) is 4.08. The molecule has 0 aliphatic carbocycles. The van der Waals surface area contributed by atoms with Gasteiger partial charge in [-0.3, -0.25) is 0 Å². The van der Waals surface area contributed by atoms with Crippen molar-refractivity contribution in [3.05, 3.63) is 29.8 Å². The van der Waals surface area contributed by atoms with Gasteiger partial charge in [0.15, 0.2) is 0 Å². The lowest BCUT2D eigenvalue weighted by Gasteiger charge is -2.18. The molecule has 0 bridgehead atoms. The van der Waals surface area contributed by atoms with Gasteiger partial charge in [-0.1, -0.05) is 45.9 Å². The predicted molar refractivity (Wildman–Crippen MR) is 87.7 cm³/mol. The molecule has 0 unspecified atom stereocenters. The zero-order valence-electron chi connectivity index (χ0n) is 13.7. The maximum atomic E-state index is 5.99. The van der Waals surface area contributed by atoms with E-state index >= 15 is 0 Å². The maximum absolute atomic E-state index is 5.99. The van der Waals surface area contributed by atoms with Gasteiger partial charge in [0.2, 0.25) is 0 Å². The van der Waals surface area contributed by atoms with Crippen molar-refractivity contribution in [2.75, 3.05) is 26.2 Å². The molecule has 114 valence electrons. The van der Waals surface area contributed by atoms with Gasteiger partial charge >= 0.3 is 0 Å². The first kappa shape index (κ1) is 17.0. The van der Waals surface area contributed by atoms with E-state index in [1.54, 1.807) is 0 Å². The number of hydrogen-bond donors (Lipinski definition) is 0. The van der Waals surface area contributed by atoms with E-state index in [4.69, 9.17) is 4.74 Å². The lowest BCUT2D eigenvalue weighted by atomic mass is 9.98. The Labute approximate surface area is 125 Å². The number of nitrogens with zero attached hydrogens (tertiary/aromatic N) is 1. The lowest BCUT2D eigenvalue weighted by molar-refractivity contribution is 0.264. The molecule has 1 rings (SSSR count). The van der Waals surface area contributed by atoms with Crippen molar-refractivity contribution in [1.82, 2.24) is 4.90 Å². The monoisotopic (exact) mass is 277 g/mol. The molecule has 2 nitrogen and oxygen atoms in total. The van der Waals surface area contributed by atoms with Crippen molar-refractivity contribution < 1.29 is 4.74 Å². The fourth-order valence-corrected chi connectivity index (χ4v) is 2.40. The van der Waals surface area contributed by atoms with E-state index in [2.05, 4.69) is 56.9 Å². The fourth-order valence-electron chi connectivity index (χ4n) is 2.40. The highest BCUT2D eigenvalue weighted by Gasteiger charge is 2.09. The number of benzene rings is 1. The topological polar surface area (TPSA) is 12.5 Å². The molecule has 0 spiro atoms. The Morgan fingerprint density at radius 1 is 1.05 bits per heavy atom. The van der Waals surface area contributed by atoms with E-state index in [1.807, 2.05) is 0 Å². The highest BCUT2D eigenvalue weighted by molar-refractivity contribution is 5.35. The molecule has 0 saturated heterocycles. The second-order valence-electron chi connectivity index (χ2n) is 5.43. The van der Waals surface area contributed by atoms with Crippen molar-refractivity contribution >= 4 is 0 Å². The minimum Gasteiger partial charge on any atom is -0.493 e. The summed E-state index contributed by atoms with van der Waals surface area (Å²) < 4.78 is 5.99. The first-order valence-electron chi connectivity index (χ1n) is 8.16. The third kappa shape index (κ3) is 5.54. The van der Waals surface area contributed by atoms with Gasteiger partial charge in [0.05, 0.1) is 6.61 Å². The van der Waals surface area contributed by atoms with Crippen LogP contribution in [0, 0.1) is 0 Å². The van der Waals surface area contributed by atoms with E-state index < -0.39 is 0 Å². The molecule has 2 heteroatoms. The second kappa shape index (κ2) is 9.82. The largest absolute Gasteiger partial charge is 0.493 e. The molecule has 0 radical (unpaired) electrons.